The third-order valence-corrected chi connectivity index (χ3v) is 4.42. The monoisotopic (exact) mass is 376 g/mol. The van der Waals surface area contributed by atoms with Crippen LogP contribution in [0, 0.1) is 12.7 Å². The Morgan fingerprint density at radius 3 is 2.88 bits per heavy atom. The van der Waals surface area contributed by atoms with E-state index in [9.17, 15) is 9.18 Å². The Labute approximate surface area is 152 Å². The van der Waals surface area contributed by atoms with Crippen LogP contribution >= 0.6 is 22.9 Å². The van der Waals surface area contributed by atoms with Gasteiger partial charge in [-0.15, -0.1) is 10.2 Å². The fourth-order valence-electron chi connectivity index (χ4n) is 2.15. The number of amides is 1. The molecule has 2 aromatic carbocycles. The van der Waals surface area contributed by atoms with Crippen molar-refractivity contribution in [2.45, 2.75) is 13.3 Å². The van der Waals surface area contributed by atoms with Crippen molar-refractivity contribution in [3.8, 4) is 0 Å². The molecule has 5 nitrogen and oxygen atoms in total. The molecule has 3 rings (SSSR count). The van der Waals surface area contributed by atoms with E-state index >= 15 is 0 Å². The molecule has 128 valence electrons. The van der Waals surface area contributed by atoms with E-state index in [0.29, 0.717) is 10.1 Å². The van der Waals surface area contributed by atoms with E-state index in [1.807, 2.05) is 31.2 Å². The number of nitrogens with zero attached hydrogens (tertiary/aromatic N) is 2. The summed E-state index contributed by atoms with van der Waals surface area (Å²) < 4.78 is 13.2. The largest absolute Gasteiger partial charge is 0.330 e. The van der Waals surface area contributed by atoms with Crippen molar-refractivity contribution in [2.75, 3.05) is 10.6 Å². The first-order valence-corrected chi connectivity index (χ1v) is 8.60. The van der Waals surface area contributed by atoms with Gasteiger partial charge in [-0.2, -0.15) is 0 Å². The van der Waals surface area contributed by atoms with E-state index in [2.05, 4.69) is 20.8 Å². The summed E-state index contributed by atoms with van der Waals surface area (Å²) >= 11 is 7.21. The first-order chi connectivity index (χ1) is 12.0. The lowest BCUT2D eigenvalue weighted by Gasteiger charge is -2.06. The van der Waals surface area contributed by atoms with E-state index in [1.165, 1.54) is 29.5 Å². The molecule has 0 atom stereocenters. The van der Waals surface area contributed by atoms with Gasteiger partial charge in [0.25, 0.3) is 0 Å². The SMILES string of the molecule is Cc1cccc(Nc2nnc(CC(=O)Nc3cc(F)ccc3Cl)s2)c1. The zero-order valence-electron chi connectivity index (χ0n) is 13.2. The van der Waals surface area contributed by atoms with E-state index < -0.39 is 5.82 Å². The number of carbonyl (C=O) groups excluding carboxylic acids is 1. The summed E-state index contributed by atoms with van der Waals surface area (Å²) in [5.74, 6) is -0.814. The lowest BCUT2D eigenvalue weighted by molar-refractivity contribution is -0.115. The van der Waals surface area contributed by atoms with Crippen molar-refractivity contribution < 1.29 is 9.18 Å². The second kappa shape index (κ2) is 7.58. The number of nitrogens with one attached hydrogen (secondary N) is 2. The first kappa shape index (κ1) is 17.3. The smallest absolute Gasteiger partial charge is 0.231 e. The van der Waals surface area contributed by atoms with Crippen LogP contribution in [0.4, 0.5) is 20.9 Å². The number of benzene rings is 2. The molecule has 0 bridgehead atoms. The Morgan fingerprint density at radius 1 is 1.24 bits per heavy atom. The number of rotatable bonds is 5. The Balaban J connectivity index is 1.62. The third-order valence-electron chi connectivity index (χ3n) is 3.25. The van der Waals surface area contributed by atoms with Crippen molar-refractivity contribution in [1.82, 2.24) is 10.2 Å². The highest BCUT2D eigenvalue weighted by Gasteiger charge is 2.12. The minimum Gasteiger partial charge on any atom is -0.330 e. The van der Waals surface area contributed by atoms with Gasteiger partial charge < -0.3 is 10.6 Å². The molecule has 1 amide bonds. The van der Waals surface area contributed by atoms with Gasteiger partial charge in [0.1, 0.15) is 10.8 Å². The van der Waals surface area contributed by atoms with Gasteiger partial charge in [-0.3, -0.25) is 4.79 Å². The summed E-state index contributed by atoms with van der Waals surface area (Å²) in [6.45, 7) is 2.00. The van der Waals surface area contributed by atoms with Gasteiger partial charge in [-0.25, -0.2) is 4.39 Å². The Hall–Kier alpha value is -2.51. The quantitative estimate of drug-likeness (QED) is 0.684. The molecule has 0 unspecified atom stereocenters. The molecule has 0 fully saturated rings. The second-order valence-electron chi connectivity index (χ2n) is 5.34. The zero-order chi connectivity index (χ0) is 17.8. The van der Waals surface area contributed by atoms with Crippen LogP contribution in [0.2, 0.25) is 5.02 Å². The molecule has 8 heteroatoms. The number of carbonyl (C=O) groups is 1. The van der Waals surface area contributed by atoms with Gasteiger partial charge in [-0.05, 0) is 42.8 Å². The molecule has 0 aliphatic rings. The van der Waals surface area contributed by atoms with Crippen LogP contribution in [0.15, 0.2) is 42.5 Å². The predicted molar refractivity (Wildman–Crippen MR) is 98.1 cm³/mol. The summed E-state index contributed by atoms with van der Waals surface area (Å²) in [5, 5.41) is 15.1. The summed E-state index contributed by atoms with van der Waals surface area (Å²) in [7, 11) is 0. The van der Waals surface area contributed by atoms with Gasteiger partial charge in [0.15, 0.2) is 0 Å². The lowest BCUT2D eigenvalue weighted by atomic mass is 10.2. The molecule has 1 heterocycles. The molecule has 0 saturated carbocycles. The van der Waals surface area contributed by atoms with Crippen molar-refractivity contribution in [3.63, 3.8) is 0 Å². The predicted octanol–water partition coefficient (Wildman–Crippen LogP) is 4.56. The topological polar surface area (TPSA) is 66.9 Å². The van der Waals surface area contributed by atoms with Crippen LogP contribution in [0.25, 0.3) is 0 Å². The first-order valence-electron chi connectivity index (χ1n) is 7.40. The highest BCUT2D eigenvalue weighted by molar-refractivity contribution is 7.15. The number of hydrogen-bond donors (Lipinski definition) is 2. The van der Waals surface area contributed by atoms with Crippen molar-refractivity contribution >= 4 is 45.4 Å². The van der Waals surface area contributed by atoms with Crippen LogP contribution < -0.4 is 10.6 Å². The van der Waals surface area contributed by atoms with Crippen molar-refractivity contribution in [1.29, 1.82) is 0 Å². The van der Waals surface area contributed by atoms with E-state index in [-0.39, 0.29) is 23.0 Å². The maximum Gasteiger partial charge on any atom is 0.231 e. The van der Waals surface area contributed by atoms with Crippen molar-refractivity contribution in [3.05, 3.63) is 63.9 Å². The normalized spacial score (nSPS) is 10.5. The highest BCUT2D eigenvalue weighted by atomic mass is 35.5. The second-order valence-corrected chi connectivity index (χ2v) is 6.81. The van der Waals surface area contributed by atoms with E-state index in [4.69, 9.17) is 11.6 Å². The van der Waals surface area contributed by atoms with Crippen molar-refractivity contribution in [2.24, 2.45) is 0 Å². The van der Waals surface area contributed by atoms with E-state index in [1.54, 1.807) is 0 Å². The fourth-order valence-corrected chi connectivity index (χ4v) is 3.07. The average molecular weight is 377 g/mol. The maximum absolute atomic E-state index is 13.2. The molecule has 25 heavy (non-hydrogen) atoms. The average Bonchev–Trinajstić information content (AvgIpc) is 2.97. The van der Waals surface area contributed by atoms with Crippen LogP contribution in [0.1, 0.15) is 10.6 Å². The summed E-state index contributed by atoms with van der Waals surface area (Å²) in [6.07, 6.45) is 0.0278. The summed E-state index contributed by atoms with van der Waals surface area (Å²) in [6, 6.07) is 11.6. The summed E-state index contributed by atoms with van der Waals surface area (Å²) in [5.41, 5.74) is 2.26. The van der Waals surface area contributed by atoms with Crippen LogP contribution in [-0.2, 0) is 11.2 Å². The molecule has 0 saturated heterocycles. The Bertz CT molecular complexity index is 915. The number of aryl methyl sites for hydroxylation is 1. The number of hydrogen-bond acceptors (Lipinski definition) is 5. The van der Waals surface area contributed by atoms with Gasteiger partial charge in [0, 0.05) is 5.69 Å². The minimum atomic E-state index is -0.472. The van der Waals surface area contributed by atoms with Gasteiger partial charge in [0.05, 0.1) is 17.1 Å². The van der Waals surface area contributed by atoms with Crippen LogP contribution in [-0.4, -0.2) is 16.1 Å². The molecule has 0 aliphatic heterocycles. The lowest BCUT2D eigenvalue weighted by Crippen LogP contribution is -2.14. The standard InChI is InChI=1S/C17H14ClFN4OS/c1-10-3-2-4-12(7-10)20-17-23-22-16(25-17)9-15(24)21-14-8-11(19)5-6-13(14)18/h2-8H,9H2,1H3,(H,20,23)(H,21,24). The fraction of sp³-hybridized carbons (Fsp3) is 0.118. The molecular formula is C17H14ClFN4OS. The number of halogens is 2. The molecule has 1 aromatic heterocycles. The Morgan fingerprint density at radius 2 is 2.08 bits per heavy atom. The number of aromatic nitrogens is 2. The molecule has 0 spiro atoms. The molecule has 2 N–H and O–H groups in total. The Kier molecular flexibility index (Phi) is 5.25. The molecule has 0 radical (unpaired) electrons. The van der Waals surface area contributed by atoms with Gasteiger partial charge in [0.2, 0.25) is 11.0 Å². The summed E-state index contributed by atoms with van der Waals surface area (Å²) in [4.78, 5) is 12.1. The van der Waals surface area contributed by atoms with Crippen LogP contribution in [0.3, 0.4) is 0 Å². The number of anilines is 3. The van der Waals surface area contributed by atoms with Gasteiger partial charge >= 0.3 is 0 Å². The third kappa shape index (κ3) is 4.74. The van der Waals surface area contributed by atoms with E-state index in [0.717, 1.165) is 11.3 Å². The minimum absolute atomic E-state index is 0.0278. The molecule has 3 aromatic rings. The maximum atomic E-state index is 13.2. The van der Waals surface area contributed by atoms with Crippen LogP contribution in [0.5, 0.6) is 0 Å². The highest BCUT2D eigenvalue weighted by Crippen LogP contribution is 2.24. The van der Waals surface area contributed by atoms with Gasteiger partial charge in [-0.1, -0.05) is 35.1 Å². The zero-order valence-corrected chi connectivity index (χ0v) is 14.8. The molecular weight excluding hydrogens is 363 g/mol. The molecule has 0 aliphatic carbocycles.